The van der Waals surface area contributed by atoms with Crippen LogP contribution in [0.5, 0.6) is 5.75 Å². The van der Waals surface area contributed by atoms with E-state index in [0.29, 0.717) is 39.1 Å². The van der Waals surface area contributed by atoms with Gasteiger partial charge in [0.25, 0.3) is 11.8 Å². The van der Waals surface area contributed by atoms with Crippen molar-refractivity contribution in [1.29, 1.82) is 0 Å². The monoisotopic (exact) mass is 504 g/mol. The van der Waals surface area contributed by atoms with E-state index in [1.165, 1.54) is 0 Å². The van der Waals surface area contributed by atoms with Crippen molar-refractivity contribution in [3.63, 3.8) is 0 Å². The molecule has 0 aromatic heterocycles. The summed E-state index contributed by atoms with van der Waals surface area (Å²) >= 11 is 12.1. The molecule has 2 N–H and O–H groups in total. The van der Waals surface area contributed by atoms with Crippen molar-refractivity contribution in [2.45, 2.75) is 12.8 Å². The molecule has 0 aliphatic rings. The maximum Gasteiger partial charge on any atom is 0.253 e. The molecule has 0 saturated carbocycles. The van der Waals surface area contributed by atoms with E-state index in [0.717, 1.165) is 5.56 Å². The lowest BCUT2D eigenvalue weighted by atomic mass is 10.1. The average molecular weight is 505 g/mol. The lowest BCUT2D eigenvalue weighted by molar-refractivity contribution is 0.0883. The highest BCUT2D eigenvalue weighted by Gasteiger charge is 2.19. The summed E-state index contributed by atoms with van der Waals surface area (Å²) in [5, 5.41) is 6.62. The zero-order valence-electron chi connectivity index (χ0n) is 18.6. The molecule has 0 spiro atoms. The van der Waals surface area contributed by atoms with Crippen LogP contribution in [0.25, 0.3) is 0 Å². The van der Waals surface area contributed by atoms with Crippen LogP contribution in [0.4, 0.5) is 0 Å². The van der Waals surface area contributed by atoms with Crippen LogP contribution in [0, 0.1) is 0 Å². The molecule has 0 saturated heterocycles. The molecule has 0 aliphatic heterocycles. The van der Waals surface area contributed by atoms with E-state index in [-0.39, 0.29) is 11.8 Å². The van der Waals surface area contributed by atoms with Gasteiger partial charge in [-0.05, 0) is 59.7 Å². The van der Waals surface area contributed by atoms with Gasteiger partial charge in [0, 0.05) is 21.2 Å². The average Bonchev–Trinajstić information content (AvgIpc) is 2.88. The van der Waals surface area contributed by atoms with E-state index in [4.69, 9.17) is 27.9 Å². The van der Waals surface area contributed by atoms with Crippen molar-refractivity contribution in [3.05, 3.63) is 135 Å². The molecule has 7 heteroatoms. The molecule has 0 bridgehead atoms. The molecular weight excluding hydrogens is 483 g/mol. The molecule has 0 unspecified atom stereocenters. The number of hydrogen-bond donors (Lipinski definition) is 2. The summed E-state index contributed by atoms with van der Waals surface area (Å²) in [5.74, 6) is -0.0970. The first-order valence-corrected chi connectivity index (χ1v) is 11.6. The second kappa shape index (κ2) is 11.6. The summed E-state index contributed by atoms with van der Waals surface area (Å²) in [6.45, 7) is 0.431. The fourth-order valence-corrected chi connectivity index (χ4v) is 3.77. The third-order valence-corrected chi connectivity index (χ3v) is 5.66. The molecule has 0 aliphatic carbocycles. The number of carbonyl (C=O) groups excluding carboxylic acids is 2. The Morgan fingerprint density at radius 3 is 1.74 bits per heavy atom. The molecule has 2 amide bonds. The van der Waals surface area contributed by atoms with Gasteiger partial charge in [0.05, 0.1) is 0 Å². The highest BCUT2D eigenvalue weighted by Crippen LogP contribution is 2.20. The quantitative estimate of drug-likeness (QED) is 0.271. The molecule has 0 fully saturated rings. The maximum atomic E-state index is 12.9. The number of hydrogen-bond acceptors (Lipinski definition) is 3. The zero-order chi connectivity index (χ0) is 24.6. The number of amides is 2. The fourth-order valence-electron chi connectivity index (χ4n) is 3.39. The molecule has 4 aromatic rings. The summed E-state index contributed by atoms with van der Waals surface area (Å²) in [4.78, 5) is 25.8. The van der Waals surface area contributed by atoms with Crippen molar-refractivity contribution in [3.8, 4) is 5.75 Å². The molecule has 35 heavy (non-hydrogen) atoms. The lowest BCUT2D eigenvalue weighted by Gasteiger charge is -2.21. The van der Waals surface area contributed by atoms with Crippen LogP contribution in [0.3, 0.4) is 0 Å². The van der Waals surface area contributed by atoms with Crippen LogP contribution in [-0.2, 0) is 6.61 Å². The first-order chi connectivity index (χ1) is 17.0. The molecule has 0 atom stereocenters. The van der Waals surface area contributed by atoms with Crippen molar-refractivity contribution < 1.29 is 14.3 Å². The first kappa shape index (κ1) is 24.3. The smallest absolute Gasteiger partial charge is 0.253 e. The normalized spacial score (nSPS) is 10.6. The Labute approximate surface area is 213 Å². The predicted octanol–water partition coefficient (Wildman–Crippen LogP) is 6.43. The van der Waals surface area contributed by atoms with Gasteiger partial charge in [-0.2, -0.15) is 0 Å². The van der Waals surface area contributed by atoms with Crippen LogP contribution in [-0.4, -0.2) is 11.8 Å². The van der Waals surface area contributed by atoms with Gasteiger partial charge in [0.1, 0.15) is 18.5 Å². The number of benzene rings is 4. The Hall–Kier alpha value is -3.80. The van der Waals surface area contributed by atoms with Crippen LogP contribution in [0.2, 0.25) is 10.0 Å². The minimum absolute atomic E-state index is 0.377. The lowest BCUT2D eigenvalue weighted by Crippen LogP contribution is -2.41. The van der Waals surface area contributed by atoms with Crippen molar-refractivity contribution in [2.24, 2.45) is 0 Å². The SMILES string of the molecule is O=C(NC(NC(=O)c1cccc(Cl)c1)c1ccc(OCc2ccccc2)cc1)c1cccc(Cl)c1. The van der Waals surface area contributed by atoms with Gasteiger partial charge in [-0.1, -0.05) is 77.8 Å². The van der Waals surface area contributed by atoms with E-state index in [1.807, 2.05) is 30.3 Å². The Kier molecular flexibility index (Phi) is 8.03. The molecule has 4 rings (SSSR count). The van der Waals surface area contributed by atoms with E-state index in [2.05, 4.69) is 10.6 Å². The number of ether oxygens (including phenoxy) is 1. The van der Waals surface area contributed by atoms with Crippen LogP contribution in [0.15, 0.2) is 103 Å². The first-order valence-electron chi connectivity index (χ1n) is 10.9. The minimum Gasteiger partial charge on any atom is -0.489 e. The molecule has 0 radical (unpaired) electrons. The Balaban J connectivity index is 1.53. The molecule has 5 nitrogen and oxygen atoms in total. The zero-order valence-corrected chi connectivity index (χ0v) is 20.1. The molecule has 176 valence electrons. The Bertz CT molecular complexity index is 1250. The predicted molar refractivity (Wildman–Crippen MR) is 138 cm³/mol. The summed E-state index contributed by atoms with van der Waals surface area (Å²) in [6, 6.07) is 30.2. The largest absolute Gasteiger partial charge is 0.489 e. The van der Waals surface area contributed by atoms with Crippen LogP contribution >= 0.6 is 23.2 Å². The number of carbonyl (C=O) groups is 2. The topological polar surface area (TPSA) is 67.4 Å². The highest BCUT2D eigenvalue weighted by molar-refractivity contribution is 6.31. The third-order valence-electron chi connectivity index (χ3n) is 5.19. The van der Waals surface area contributed by atoms with E-state index < -0.39 is 6.17 Å². The van der Waals surface area contributed by atoms with Gasteiger partial charge in [0.2, 0.25) is 0 Å². The van der Waals surface area contributed by atoms with Crippen molar-refractivity contribution in [2.75, 3.05) is 0 Å². The number of nitrogens with one attached hydrogen (secondary N) is 2. The minimum atomic E-state index is -0.809. The van der Waals surface area contributed by atoms with Gasteiger partial charge in [0.15, 0.2) is 0 Å². The number of rotatable bonds is 8. The molecular formula is C28H22Cl2N2O3. The van der Waals surface area contributed by atoms with E-state index in [1.54, 1.807) is 72.8 Å². The fraction of sp³-hybridized carbons (Fsp3) is 0.0714. The van der Waals surface area contributed by atoms with E-state index in [9.17, 15) is 9.59 Å². The summed E-state index contributed by atoms with van der Waals surface area (Å²) in [7, 11) is 0. The third kappa shape index (κ3) is 6.85. The Morgan fingerprint density at radius 2 is 1.23 bits per heavy atom. The van der Waals surface area contributed by atoms with Crippen LogP contribution < -0.4 is 15.4 Å². The second-order valence-corrected chi connectivity index (χ2v) is 8.62. The number of halogens is 2. The second-order valence-electron chi connectivity index (χ2n) is 7.74. The van der Waals surface area contributed by atoms with Gasteiger partial charge in [-0.15, -0.1) is 0 Å². The standard InChI is InChI=1S/C28H22Cl2N2O3/c29-23-10-4-8-21(16-23)27(33)31-26(32-28(34)22-9-5-11-24(30)17-22)20-12-14-25(15-13-20)35-18-19-6-2-1-3-7-19/h1-17,26H,18H2,(H,31,33)(H,32,34). The van der Waals surface area contributed by atoms with Gasteiger partial charge in [-0.3, -0.25) is 9.59 Å². The van der Waals surface area contributed by atoms with Gasteiger partial charge < -0.3 is 15.4 Å². The van der Waals surface area contributed by atoms with Gasteiger partial charge in [-0.25, -0.2) is 0 Å². The van der Waals surface area contributed by atoms with Crippen LogP contribution in [0.1, 0.15) is 38.0 Å². The molecule has 4 aromatic carbocycles. The summed E-state index contributed by atoms with van der Waals surface area (Å²) in [6.07, 6.45) is -0.809. The van der Waals surface area contributed by atoms with E-state index >= 15 is 0 Å². The maximum absolute atomic E-state index is 12.9. The summed E-state index contributed by atoms with van der Waals surface area (Å²) < 4.78 is 5.85. The van der Waals surface area contributed by atoms with Gasteiger partial charge >= 0.3 is 0 Å². The van der Waals surface area contributed by atoms with Crippen molar-refractivity contribution in [1.82, 2.24) is 10.6 Å². The summed E-state index contributed by atoms with van der Waals surface area (Å²) in [5.41, 5.74) is 2.48. The molecule has 0 heterocycles. The highest BCUT2D eigenvalue weighted by atomic mass is 35.5. The van der Waals surface area contributed by atoms with Crippen molar-refractivity contribution >= 4 is 35.0 Å². The Morgan fingerprint density at radius 1 is 0.686 bits per heavy atom.